The number of nitrogens with one attached hydrogen (secondary N) is 1. The van der Waals surface area contributed by atoms with E-state index in [0.717, 1.165) is 18.1 Å². The van der Waals surface area contributed by atoms with Crippen molar-refractivity contribution < 1.29 is 4.74 Å². The van der Waals surface area contributed by atoms with E-state index < -0.39 is 0 Å². The van der Waals surface area contributed by atoms with Crippen molar-refractivity contribution in [2.24, 2.45) is 0 Å². The Morgan fingerprint density at radius 3 is 2.56 bits per heavy atom. The van der Waals surface area contributed by atoms with Crippen LogP contribution in [0, 0.1) is 6.92 Å². The van der Waals surface area contributed by atoms with Gasteiger partial charge >= 0.3 is 0 Å². The van der Waals surface area contributed by atoms with E-state index in [9.17, 15) is 0 Å². The molecule has 1 aromatic heterocycles. The average Bonchev–Trinajstić information content (AvgIpc) is 2.40. The molecule has 0 fully saturated rings. The highest BCUT2D eigenvalue weighted by atomic mass is 16.5. The van der Waals surface area contributed by atoms with Gasteiger partial charge in [-0.25, -0.2) is 4.98 Å². The van der Waals surface area contributed by atoms with E-state index in [1.165, 1.54) is 11.1 Å². The minimum absolute atomic E-state index is 0.622. The molecule has 0 aliphatic heterocycles. The number of hydrogen-bond acceptors (Lipinski definition) is 4. The smallest absolute Gasteiger partial charge is 0.147 e. The highest BCUT2D eigenvalue weighted by molar-refractivity contribution is 5.40. The third kappa shape index (κ3) is 3.05. The second-order valence-electron chi connectivity index (χ2n) is 4.05. The van der Waals surface area contributed by atoms with Crippen LogP contribution in [0.5, 0.6) is 0 Å². The fourth-order valence-corrected chi connectivity index (χ4v) is 1.79. The number of methoxy groups -OCH3 is 1. The highest BCUT2D eigenvalue weighted by Crippen LogP contribution is 2.13. The van der Waals surface area contributed by atoms with Gasteiger partial charge in [0, 0.05) is 26.0 Å². The van der Waals surface area contributed by atoms with Crippen molar-refractivity contribution in [2.75, 3.05) is 12.4 Å². The lowest BCUT2D eigenvalue weighted by molar-refractivity contribution is 0.184. The molecule has 0 bridgehead atoms. The summed E-state index contributed by atoms with van der Waals surface area (Å²) in [6.07, 6.45) is 3.38. The first-order valence-electron chi connectivity index (χ1n) is 5.88. The van der Waals surface area contributed by atoms with Gasteiger partial charge in [-0.05, 0) is 18.1 Å². The topological polar surface area (TPSA) is 47.0 Å². The van der Waals surface area contributed by atoms with Crippen molar-refractivity contribution in [2.45, 2.75) is 20.1 Å². The lowest BCUT2D eigenvalue weighted by Gasteiger charge is -2.11. The summed E-state index contributed by atoms with van der Waals surface area (Å²) in [7, 11) is 1.71. The molecule has 2 aromatic rings. The van der Waals surface area contributed by atoms with Crippen molar-refractivity contribution >= 4 is 5.82 Å². The molecule has 1 heterocycles. The van der Waals surface area contributed by atoms with E-state index in [1.54, 1.807) is 19.5 Å². The van der Waals surface area contributed by atoms with Crippen LogP contribution in [0.3, 0.4) is 0 Å². The van der Waals surface area contributed by atoms with Gasteiger partial charge in [-0.3, -0.25) is 4.98 Å². The van der Waals surface area contributed by atoms with E-state index in [0.29, 0.717) is 6.61 Å². The fourth-order valence-electron chi connectivity index (χ4n) is 1.79. The molecule has 1 aromatic carbocycles. The molecule has 0 saturated heterocycles. The van der Waals surface area contributed by atoms with Crippen molar-refractivity contribution in [3.8, 4) is 0 Å². The summed E-state index contributed by atoms with van der Waals surface area (Å²) in [5.41, 5.74) is 3.31. The number of aromatic nitrogens is 2. The van der Waals surface area contributed by atoms with Gasteiger partial charge in [0.2, 0.25) is 0 Å². The Morgan fingerprint density at radius 2 is 1.83 bits per heavy atom. The maximum absolute atomic E-state index is 5.19. The van der Waals surface area contributed by atoms with E-state index >= 15 is 0 Å². The fraction of sp³-hybridized carbons (Fsp3) is 0.286. The average molecular weight is 243 g/mol. The summed E-state index contributed by atoms with van der Waals surface area (Å²) < 4.78 is 5.19. The minimum Gasteiger partial charge on any atom is -0.380 e. The SMILES string of the molecule is COCc1ccccc1CNc1nccnc1C. The van der Waals surface area contributed by atoms with Crippen LogP contribution in [0.1, 0.15) is 16.8 Å². The van der Waals surface area contributed by atoms with Crippen molar-refractivity contribution in [1.82, 2.24) is 9.97 Å². The number of nitrogens with zero attached hydrogens (tertiary/aromatic N) is 2. The zero-order valence-corrected chi connectivity index (χ0v) is 10.7. The monoisotopic (exact) mass is 243 g/mol. The summed E-state index contributed by atoms with van der Waals surface area (Å²) in [5, 5.41) is 3.30. The quantitative estimate of drug-likeness (QED) is 0.876. The van der Waals surface area contributed by atoms with Crippen LogP contribution >= 0.6 is 0 Å². The first-order valence-corrected chi connectivity index (χ1v) is 5.88. The number of hydrogen-bond donors (Lipinski definition) is 1. The van der Waals surface area contributed by atoms with Gasteiger partial charge in [0.15, 0.2) is 0 Å². The molecule has 0 aliphatic carbocycles. The molecule has 0 atom stereocenters. The van der Waals surface area contributed by atoms with E-state index in [1.807, 2.05) is 19.1 Å². The van der Waals surface area contributed by atoms with Crippen molar-refractivity contribution in [3.05, 3.63) is 53.5 Å². The van der Waals surface area contributed by atoms with Gasteiger partial charge in [-0.2, -0.15) is 0 Å². The predicted molar refractivity (Wildman–Crippen MR) is 71.3 cm³/mol. The zero-order chi connectivity index (χ0) is 12.8. The van der Waals surface area contributed by atoms with Gasteiger partial charge in [0.1, 0.15) is 5.82 Å². The molecule has 0 saturated carbocycles. The van der Waals surface area contributed by atoms with Crippen molar-refractivity contribution in [1.29, 1.82) is 0 Å². The molecule has 1 N–H and O–H groups in total. The Labute approximate surface area is 107 Å². The normalized spacial score (nSPS) is 10.3. The van der Waals surface area contributed by atoms with Gasteiger partial charge in [0.25, 0.3) is 0 Å². The molecule has 0 amide bonds. The summed E-state index contributed by atoms with van der Waals surface area (Å²) in [6, 6.07) is 8.21. The largest absolute Gasteiger partial charge is 0.380 e. The van der Waals surface area contributed by atoms with Crippen LogP contribution in [-0.4, -0.2) is 17.1 Å². The highest BCUT2D eigenvalue weighted by Gasteiger charge is 2.03. The molecular weight excluding hydrogens is 226 g/mol. The summed E-state index contributed by atoms with van der Waals surface area (Å²) in [6.45, 7) is 3.28. The zero-order valence-electron chi connectivity index (χ0n) is 10.7. The molecule has 0 spiro atoms. The standard InChI is InChI=1S/C14H17N3O/c1-11-14(16-8-7-15-11)17-9-12-5-3-4-6-13(12)10-18-2/h3-8H,9-10H2,1-2H3,(H,16,17). The van der Waals surface area contributed by atoms with Crippen LogP contribution in [0.25, 0.3) is 0 Å². The second-order valence-corrected chi connectivity index (χ2v) is 4.05. The number of anilines is 1. The third-order valence-corrected chi connectivity index (χ3v) is 2.75. The Balaban J connectivity index is 2.08. The van der Waals surface area contributed by atoms with Crippen molar-refractivity contribution in [3.63, 3.8) is 0 Å². The number of ether oxygens (including phenoxy) is 1. The molecule has 2 rings (SSSR count). The second kappa shape index (κ2) is 6.12. The summed E-state index contributed by atoms with van der Waals surface area (Å²) in [5.74, 6) is 0.824. The molecule has 4 heteroatoms. The molecule has 0 aliphatic rings. The Bertz CT molecular complexity index is 514. The van der Waals surface area contributed by atoms with Crippen LogP contribution < -0.4 is 5.32 Å². The van der Waals surface area contributed by atoms with Gasteiger partial charge in [0.05, 0.1) is 12.3 Å². The first kappa shape index (κ1) is 12.5. The Kier molecular flexibility index (Phi) is 4.25. The van der Waals surface area contributed by atoms with Gasteiger partial charge in [-0.15, -0.1) is 0 Å². The first-order chi connectivity index (χ1) is 8.81. The Morgan fingerprint density at radius 1 is 1.11 bits per heavy atom. The maximum Gasteiger partial charge on any atom is 0.147 e. The Hall–Kier alpha value is -1.94. The van der Waals surface area contributed by atoms with Gasteiger partial charge in [-0.1, -0.05) is 24.3 Å². The van der Waals surface area contributed by atoms with Crippen LogP contribution in [0.15, 0.2) is 36.7 Å². The lowest BCUT2D eigenvalue weighted by Crippen LogP contribution is -2.06. The molecule has 18 heavy (non-hydrogen) atoms. The molecule has 4 nitrogen and oxygen atoms in total. The molecule has 0 unspecified atom stereocenters. The molecule has 94 valence electrons. The van der Waals surface area contributed by atoms with E-state index in [4.69, 9.17) is 4.74 Å². The molecule has 0 radical (unpaired) electrons. The summed E-state index contributed by atoms with van der Waals surface area (Å²) in [4.78, 5) is 8.46. The van der Waals surface area contributed by atoms with Crippen LogP contribution in [0.4, 0.5) is 5.82 Å². The lowest BCUT2D eigenvalue weighted by atomic mass is 10.1. The van der Waals surface area contributed by atoms with Gasteiger partial charge < -0.3 is 10.1 Å². The number of benzene rings is 1. The van der Waals surface area contributed by atoms with E-state index in [-0.39, 0.29) is 0 Å². The third-order valence-electron chi connectivity index (χ3n) is 2.75. The number of aryl methyl sites for hydroxylation is 1. The van der Waals surface area contributed by atoms with Crippen LogP contribution in [-0.2, 0) is 17.9 Å². The van der Waals surface area contributed by atoms with E-state index in [2.05, 4.69) is 27.4 Å². The summed E-state index contributed by atoms with van der Waals surface area (Å²) >= 11 is 0. The maximum atomic E-state index is 5.19. The predicted octanol–water partition coefficient (Wildman–Crippen LogP) is 2.54. The van der Waals surface area contributed by atoms with Crippen LogP contribution in [0.2, 0.25) is 0 Å². The molecular formula is C14H17N3O. The number of rotatable bonds is 5. The minimum atomic E-state index is 0.622.